The van der Waals surface area contributed by atoms with Crippen LogP contribution in [0.15, 0.2) is 60.0 Å². The van der Waals surface area contributed by atoms with E-state index in [9.17, 15) is 18.0 Å². The molecule has 2 N–H and O–H groups in total. The SMILES string of the molecule is C=CC(=O)N1CCN(c2nc(=O)n(-c3c(C)ccnc3N(C)S(C)(=O)=O)c3cc(-c4c(N)cccc4F)c(F)cc23)[C@@H](C)C1. The van der Waals surface area contributed by atoms with E-state index in [1.807, 2.05) is 6.92 Å². The number of nitrogen functional groups attached to an aromatic ring is 1. The van der Waals surface area contributed by atoms with Gasteiger partial charge in [0.2, 0.25) is 15.9 Å². The number of carbonyl (C=O) groups is 1. The summed E-state index contributed by atoms with van der Waals surface area (Å²) in [6, 6.07) is 7.73. The third-order valence-corrected chi connectivity index (χ3v) is 8.95. The van der Waals surface area contributed by atoms with Gasteiger partial charge in [-0.1, -0.05) is 12.6 Å². The van der Waals surface area contributed by atoms with Gasteiger partial charge in [-0.05, 0) is 55.8 Å². The number of hydrogen-bond acceptors (Lipinski definition) is 8. The summed E-state index contributed by atoms with van der Waals surface area (Å²) in [6.45, 7) is 7.94. The van der Waals surface area contributed by atoms with E-state index in [4.69, 9.17) is 5.73 Å². The van der Waals surface area contributed by atoms with Gasteiger partial charge in [0.1, 0.15) is 17.5 Å². The molecule has 0 spiro atoms. The number of halogens is 2. The van der Waals surface area contributed by atoms with Crippen LogP contribution in [-0.4, -0.2) is 72.7 Å². The van der Waals surface area contributed by atoms with E-state index >= 15 is 8.78 Å². The Bertz CT molecular complexity index is 1980. The largest absolute Gasteiger partial charge is 0.398 e. The van der Waals surface area contributed by atoms with Gasteiger partial charge in [0, 0.05) is 61.1 Å². The van der Waals surface area contributed by atoms with Gasteiger partial charge >= 0.3 is 5.69 Å². The summed E-state index contributed by atoms with van der Waals surface area (Å²) >= 11 is 0. The van der Waals surface area contributed by atoms with Gasteiger partial charge in [-0.3, -0.25) is 13.7 Å². The van der Waals surface area contributed by atoms with Crippen LogP contribution in [0.1, 0.15) is 12.5 Å². The van der Waals surface area contributed by atoms with E-state index in [0.29, 0.717) is 18.7 Å². The Morgan fingerprint density at radius 1 is 1.18 bits per heavy atom. The van der Waals surface area contributed by atoms with E-state index in [2.05, 4.69) is 16.5 Å². The highest BCUT2D eigenvalue weighted by Gasteiger charge is 2.31. The highest BCUT2D eigenvalue weighted by molar-refractivity contribution is 7.92. The molecule has 0 saturated carbocycles. The first-order valence-corrected chi connectivity index (χ1v) is 15.5. The average molecular weight is 624 g/mol. The van der Waals surface area contributed by atoms with Crippen molar-refractivity contribution in [2.45, 2.75) is 19.9 Å². The lowest BCUT2D eigenvalue weighted by Crippen LogP contribution is -2.54. The van der Waals surface area contributed by atoms with Crippen molar-refractivity contribution in [3.63, 3.8) is 0 Å². The number of amides is 1. The Balaban J connectivity index is 1.86. The number of piperazine rings is 1. The van der Waals surface area contributed by atoms with E-state index < -0.39 is 27.3 Å². The van der Waals surface area contributed by atoms with Crippen molar-refractivity contribution in [3.05, 3.63) is 82.9 Å². The molecule has 2 aromatic heterocycles. The van der Waals surface area contributed by atoms with Crippen LogP contribution in [0.2, 0.25) is 0 Å². The molecule has 1 saturated heterocycles. The second-order valence-corrected chi connectivity index (χ2v) is 12.7. The van der Waals surface area contributed by atoms with Crippen LogP contribution < -0.4 is 20.6 Å². The van der Waals surface area contributed by atoms with Crippen LogP contribution in [0.4, 0.5) is 26.1 Å². The summed E-state index contributed by atoms with van der Waals surface area (Å²) in [5.41, 5.74) is 5.56. The maximum Gasteiger partial charge on any atom is 0.354 e. The molecule has 1 amide bonds. The van der Waals surface area contributed by atoms with Crippen molar-refractivity contribution in [3.8, 4) is 16.8 Å². The van der Waals surface area contributed by atoms with Crippen LogP contribution in [0, 0.1) is 18.6 Å². The zero-order valence-corrected chi connectivity index (χ0v) is 25.4. The zero-order valence-electron chi connectivity index (χ0n) is 24.6. The Hall–Kier alpha value is -4.85. The first-order valence-electron chi connectivity index (χ1n) is 13.6. The molecule has 1 aliphatic heterocycles. The average Bonchev–Trinajstić information content (AvgIpc) is 2.96. The number of pyridine rings is 1. The summed E-state index contributed by atoms with van der Waals surface area (Å²) in [5.74, 6) is -1.72. The topological polar surface area (TPSA) is 135 Å². The minimum atomic E-state index is -3.82. The minimum absolute atomic E-state index is 0.0156. The Labute approximate surface area is 252 Å². The van der Waals surface area contributed by atoms with Crippen molar-refractivity contribution in [1.29, 1.82) is 0 Å². The zero-order chi connectivity index (χ0) is 32.1. The molecule has 14 heteroatoms. The molecule has 1 atom stereocenters. The van der Waals surface area contributed by atoms with Crippen molar-refractivity contribution < 1.29 is 22.0 Å². The van der Waals surface area contributed by atoms with Gasteiger partial charge in [-0.25, -0.2) is 27.0 Å². The van der Waals surface area contributed by atoms with Crippen LogP contribution in [0.3, 0.4) is 0 Å². The number of hydrogen-bond donors (Lipinski definition) is 1. The molecule has 0 aliphatic carbocycles. The molecule has 230 valence electrons. The molecule has 3 heterocycles. The lowest BCUT2D eigenvalue weighted by molar-refractivity contribution is -0.126. The van der Waals surface area contributed by atoms with Crippen molar-refractivity contribution in [1.82, 2.24) is 19.4 Å². The molecule has 44 heavy (non-hydrogen) atoms. The second-order valence-electron chi connectivity index (χ2n) is 10.7. The van der Waals surface area contributed by atoms with E-state index in [-0.39, 0.29) is 63.5 Å². The lowest BCUT2D eigenvalue weighted by atomic mass is 10.00. The Morgan fingerprint density at radius 2 is 1.91 bits per heavy atom. The molecule has 4 aromatic rings. The maximum atomic E-state index is 16.0. The highest BCUT2D eigenvalue weighted by atomic mass is 32.2. The second kappa shape index (κ2) is 11.3. The van der Waals surface area contributed by atoms with Crippen LogP contribution in [0.25, 0.3) is 27.7 Å². The number of aromatic nitrogens is 3. The van der Waals surface area contributed by atoms with Crippen LogP contribution >= 0.6 is 0 Å². The van der Waals surface area contributed by atoms with Crippen molar-refractivity contribution >= 4 is 44.2 Å². The number of rotatable bonds is 6. The normalized spacial score (nSPS) is 15.5. The molecule has 0 radical (unpaired) electrons. The van der Waals surface area contributed by atoms with Gasteiger partial charge < -0.3 is 15.5 Å². The van der Waals surface area contributed by atoms with E-state index in [1.165, 1.54) is 37.5 Å². The molecule has 11 nitrogen and oxygen atoms in total. The van der Waals surface area contributed by atoms with Crippen LogP contribution in [-0.2, 0) is 14.8 Å². The third kappa shape index (κ3) is 5.25. The Morgan fingerprint density at radius 3 is 2.55 bits per heavy atom. The number of nitrogens with two attached hydrogens (primary N) is 1. The summed E-state index contributed by atoms with van der Waals surface area (Å²) in [5, 5.41) is 0.201. The number of carbonyl (C=O) groups excluding carboxylic acids is 1. The standard InChI is InChI=1S/C30H31F2N7O4S/c1-6-25(40)37-12-13-38(18(3)16-37)28-20-14-22(32)19(26-21(31)8-7-9-23(26)33)15-24(20)39(30(41)35-28)27-17(2)10-11-34-29(27)36(4)44(5,42)43/h6-11,14-15,18H,1,12-13,16,33H2,2-5H3/t18-/m0/s1. The molecule has 1 aliphatic rings. The number of benzene rings is 2. The van der Waals surface area contributed by atoms with Gasteiger partial charge in [0.25, 0.3) is 0 Å². The number of aryl methyl sites for hydroxylation is 1. The number of sulfonamides is 1. The first kappa shape index (κ1) is 30.6. The number of anilines is 3. The molecular weight excluding hydrogens is 592 g/mol. The molecular formula is C30H31F2N7O4S. The third-order valence-electron chi connectivity index (χ3n) is 7.79. The van der Waals surface area contributed by atoms with Gasteiger partial charge in [-0.15, -0.1) is 0 Å². The van der Waals surface area contributed by atoms with Gasteiger partial charge in [0.05, 0.1) is 17.5 Å². The minimum Gasteiger partial charge on any atom is -0.398 e. The van der Waals surface area contributed by atoms with E-state index in [0.717, 1.165) is 27.3 Å². The van der Waals surface area contributed by atoms with E-state index in [1.54, 1.807) is 22.8 Å². The molecule has 2 aromatic carbocycles. The van der Waals surface area contributed by atoms with Crippen LogP contribution in [0.5, 0.6) is 0 Å². The summed E-state index contributed by atoms with van der Waals surface area (Å²) < 4.78 is 58.3. The fraction of sp³-hybridized carbons (Fsp3) is 0.267. The van der Waals surface area contributed by atoms with Crippen molar-refractivity contribution in [2.75, 3.05) is 47.9 Å². The highest BCUT2D eigenvalue weighted by Crippen LogP contribution is 2.38. The molecule has 0 unspecified atom stereocenters. The van der Waals surface area contributed by atoms with Gasteiger partial charge in [-0.2, -0.15) is 4.98 Å². The fourth-order valence-corrected chi connectivity index (χ4v) is 5.93. The first-order chi connectivity index (χ1) is 20.7. The van der Waals surface area contributed by atoms with Gasteiger partial charge in [0.15, 0.2) is 5.82 Å². The summed E-state index contributed by atoms with van der Waals surface area (Å²) in [6.07, 6.45) is 3.63. The molecule has 5 rings (SSSR count). The Kier molecular flexibility index (Phi) is 7.88. The fourth-order valence-electron chi connectivity index (χ4n) is 5.48. The van der Waals surface area contributed by atoms with Crippen molar-refractivity contribution in [2.24, 2.45) is 0 Å². The quantitative estimate of drug-likeness (QED) is 0.256. The number of fused-ring (bicyclic) bond motifs is 1. The number of nitrogens with zero attached hydrogens (tertiary/aromatic N) is 6. The summed E-state index contributed by atoms with van der Waals surface area (Å²) in [4.78, 5) is 38.3. The monoisotopic (exact) mass is 623 g/mol. The maximum absolute atomic E-state index is 16.0. The summed E-state index contributed by atoms with van der Waals surface area (Å²) in [7, 11) is -2.53. The predicted molar refractivity (Wildman–Crippen MR) is 166 cm³/mol. The predicted octanol–water partition coefficient (Wildman–Crippen LogP) is 3.24. The molecule has 0 bridgehead atoms. The molecule has 1 fully saturated rings. The smallest absolute Gasteiger partial charge is 0.354 e. The lowest BCUT2D eigenvalue weighted by Gasteiger charge is -2.40.